The minimum Gasteiger partial charge on any atom is -0.411 e. The molecule has 0 saturated heterocycles. The van der Waals surface area contributed by atoms with Gasteiger partial charge in [0.1, 0.15) is 0 Å². The van der Waals surface area contributed by atoms with Crippen LogP contribution in [-0.4, -0.2) is 29.9 Å². The molecule has 4 heteroatoms. The van der Waals surface area contributed by atoms with Gasteiger partial charge in [-0.25, -0.2) is 0 Å². The predicted molar refractivity (Wildman–Crippen MR) is 109 cm³/mol. The Kier molecular flexibility index (Phi) is 3.36. The number of hydrogen-bond donors (Lipinski definition) is 1. The van der Waals surface area contributed by atoms with Crippen molar-refractivity contribution in [1.82, 2.24) is 0 Å². The summed E-state index contributed by atoms with van der Waals surface area (Å²) in [5.41, 5.74) is 2.81. The van der Waals surface area contributed by atoms with E-state index in [-0.39, 0.29) is 11.9 Å². The molecule has 5 fully saturated rings. The summed E-state index contributed by atoms with van der Waals surface area (Å²) in [5, 5.41) is 12.9. The number of nitrogens with zero attached hydrogens (tertiary/aromatic N) is 1. The summed E-state index contributed by atoms with van der Waals surface area (Å²) in [7, 11) is 1.77. The van der Waals surface area contributed by atoms with Crippen molar-refractivity contribution in [3.8, 4) is 0 Å². The zero-order chi connectivity index (χ0) is 19.5. The number of hydrogen-bond acceptors (Lipinski definition) is 4. The van der Waals surface area contributed by atoms with E-state index >= 15 is 0 Å². The third-order valence-electron chi connectivity index (χ3n) is 10.7. The third kappa shape index (κ3) is 1.93. The highest BCUT2D eigenvalue weighted by molar-refractivity contribution is 5.96. The van der Waals surface area contributed by atoms with Crippen LogP contribution in [0.5, 0.6) is 0 Å². The van der Waals surface area contributed by atoms with Crippen molar-refractivity contribution in [2.24, 2.45) is 57.9 Å². The zero-order valence-corrected chi connectivity index (χ0v) is 17.6. The Labute approximate surface area is 173 Å². The Morgan fingerprint density at radius 1 is 1.21 bits per heavy atom. The van der Waals surface area contributed by atoms with E-state index in [9.17, 15) is 5.21 Å². The summed E-state index contributed by atoms with van der Waals surface area (Å²) in [6.45, 7) is 2.43. The van der Waals surface area contributed by atoms with Crippen LogP contribution in [0.2, 0.25) is 0 Å². The predicted octanol–water partition coefficient (Wildman–Crippen LogP) is 4.79. The fraction of sp³-hybridized carbons (Fsp3) is 0.800. The van der Waals surface area contributed by atoms with Crippen molar-refractivity contribution < 1.29 is 14.7 Å². The molecule has 5 saturated carbocycles. The summed E-state index contributed by atoms with van der Waals surface area (Å²) < 4.78 is 12.4. The molecule has 1 spiro atoms. The van der Waals surface area contributed by atoms with Gasteiger partial charge in [-0.15, -0.1) is 0 Å². The lowest BCUT2D eigenvalue weighted by molar-refractivity contribution is -0.210. The third-order valence-corrected chi connectivity index (χ3v) is 10.7. The lowest BCUT2D eigenvalue weighted by atomic mass is 9.48. The Bertz CT molecular complexity index is 847. The molecule has 0 aromatic rings. The van der Waals surface area contributed by atoms with Gasteiger partial charge < -0.3 is 14.7 Å². The lowest BCUT2D eigenvalue weighted by Crippen LogP contribution is -2.57. The van der Waals surface area contributed by atoms with Gasteiger partial charge in [-0.3, -0.25) is 0 Å². The monoisotopic (exact) mass is 395 g/mol. The van der Waals surface area contributed by atoms with E-state index in [4.69, 9.17) is 9.47 Å². The van der Waals surface area contributed by atoms with Crippen molar-refractivity contribution in [1.29, 1.82) is 0 Å². The number of rotatable bonds is 2. The van der Waals surface area contributed by atoms with Gasteiger partial charge in [-0.2, -0.15) is 0 Å². The summed E-state index contributed by atoms with van der Waals surface area (Å²) in [5.74, 6) is 6.53. The molecule has 11 atom stereocenters. The number of allylic oxidation sites excluding steroid dienone is 2. The Balaban J connectivity index is 1.29. The molecular weight excluding hydrogens is 362 g/mol. The fourth-order valence-corrected chi connectivity index (χ4v) is 9.69. The van der Waals surface area contributed by atoms with E-state index < -0.39 is 0 Å². The maximum atomic E-state index is 9.32. The molecule has 0 radical (unpaired) electrons. The van der Waals surface area contributed by atoms with Crippen LogP contribution < -0.4 is 0 Å². The molecular formula is C25H33NO3. The van der Waals surface area contributed by atoms with E-state index in [1.54, 1.807) is 12.7 Å². The average molecular weight is 396 g/mol. The van der Waals surface area contributed by atoms with Crippen LogP contribution in [0.15, 0.2) is 29.0 Å². The molecule has 4 unspecified atom stereocenters. The van der Waals surface area contributed by atoms with E-state index in [2.05, 4.69) is 30.3 Å². The minimum absolute atomic E-state index is 0.0630. The van der Waals surface area contributed by atoms with Crippen LogP contribution >= 0.6 is 0 Å². The summed E-state index contributed by atoms with van der Waals surface area (Å²) in [4.78, 5) is 0. The van der Waals surface area contributed by atoms with Gasteiger partial charge in [-0.05, 0) is 104 Å². The normalized spacial score (nSPS) is 59.6. The van der Waals surface area contributed by atoms with Crippen molar-refractivity contribution in [2.75, 3.05) is 7.11 Å². The van der Waals surface area contributed by atoms with E-state index in [1.165, 1.54) is 38.5 Å². The van der Waals surface area contributed by atoms with E-state index in [0.29, 0.717) is 5.41 Å². The molecule has 4 nitrogen and oxygen atoms in total. The van der Waals surface area contributed by atoms with Gasteiger partial charge >= 0.3 is 0 Å². The van der Waals surface area contributed by atoms with Crippen LogP contribution in [-0.2, 0) is 9.47 Å². The first-order valence-corrected chi connectivity index (χ1v) is 12.0. The highest BCUT2D eigenvalue weighted by atomic mass is 16.7. The van der Waals surface area contributed by atoms with Crippen LogP contribution in [0.1, 0.15) is 51.9 Å². The summed E-state index contributed by atoms with van der Waals surface area (Å²) in [6, 6.07) is 0. The molecule has 7 aliphatic rings. The highest BCUT2D eigenvalue weighted by Crippen LogP contribution is 2.81. The molecule has 29 heavy (non-hydrogen) atoms. The standard InChI is InChI=1S/C25H33NO3/c1-3-24-8-6-15-14-5-4-13(26-27)10-16(14)17-11-18(17)22(15)23(24)19-12-20(19)25(24)9-7-21(28-2)29-25/h7,9-10,14-15,17-23,27H,3-6,8,11-12H2,1-2H3/b26-13+/t14-,15?,17-,18-,19+,20-,21?,22?,23?,24+,25+/m1/s1. The molecule has 0 aromatic heterocycles. The Morgan fingerprint density at radius 2 is 2.10 bits per heavy atom. The fourth-order valence-electron chi connectivity index (χ4n) is 9.69. The van der Waals surface area contributed by atoms with Crippen molar-refractivity contribution in [2.45, 2.75) is 63.8 Å². The average Bonchev–Trinajstić information content (AvgIpc) is 3.68. The molecule has 7 rings (SSSR count). The second-order valence-electron chi connectivity index (χ2n) is 11.1. The van der Waals surface area contributed by atoms with Gasteiger partial charge in [-0.1, -0.05) is 23.7 Å². The van der Waals surface area contributed by atoms with Gasteiger partial charge in [0.2, 0.25) is 0 Å². The second kappa shape index (κ2) is 5.56. The summed E-state index contributed by atoms with van der Waals surface area (Å²) >= 11 is 0. The van der Waals surface area contributed by atoms with Crippen LogP contribution in [0.25, 0.3) is 0 Å². The second-order valence-corrected chi connectivity index (χ2v) is 11.1. The number of oxime groups is 1. The molecule has 0 aromatic carbocycles. The quantitative estimate of drug-likeness (QED) is 0.415. The molecule has 1 aliphatic heterocycles. The molecule has 0 amide bonds. The van der Waals surface area contributed by atoms with E-state index in [0.717, 1.165) is 59.5 Å². The topological polar surface area (TPSA) is 51.0 Å². The molecule has 6 aliphatic carbocycles. The van der Waals surface area contributed by atoms with Crippen molar-refractivity contribution in [3.63, 3.8) is 0 Å². The van der Waals surface area contributed by atoms with Gasteiger partial charge in [0.05, 0.1) is 11.3 Å². The zero-order valence-electron chi connectivity index (χ0n) is 17.6. The Morgan fingerprint density at radius 3 is 2.86 bits per heavy atom. The largest absolute Gasteiger partial charge is 0.411 e. The van der Waals surface area contributed by atoms with Crippen molar-refractivity contribution >= 4 is 5.71 Å². The number of fused-ring (bicyclic) bond motifs is 12. The molecule has 1 N–H and O–H groups in total. The first-order chi connectivity index (χ1) is 14.2. The number of methoxy groups -OCH3 is 1. The smallest absolute Gasteiger partial charge is 0.177 e. The molecule has 1 heterocycles. The first kappa shape index (κ1) is 17.5. The Hall–Kier alpha value is -1.13. The molecule has 156 valence electrons. The first-order valence-electron chi connectivity index (χ1n) is 12.0. The van der Waals surface area contributed by atoms with Crippen molar-refractivity contribution in [3.05, 3.63) is 23.8 Å². The van der Waals surface area contributed by atoms with Crippen LogP contribution in [0, 0.1) is 52.8 Å². The van der Waals surface area contributed by atoms with E-state index in [1.807, 2.05) is 0 Å². The van der Waals surface area contributed by atoms with Crippen LogP contribution in [0.4, 0.5) is 0 Å². The van der Waals surface area contributed by atoms with Gasteiger partial charge in [0.15, 0.2) is 6.29 Å². The molecule has 0 bridgehead atoms. The number of ether oxygens (including phenoxy) is 2. The lowest BCUT2D eigenvalue weighted by Gasteiger charge is -2.58. The SMILES string of the molecule is CC[C@]12CCC3C(C1[C@H]1C[C@H]1[C@@]21C=CC(OC)O1)[C@@H]1C[C@@H]1C1=C/C(=N/O)CC[C@@H]13. The van der Waals surface area contributed by atoms with Gasteiger partial charge in [0.25, 0.3) is 0 Å². The highest BCUT2D eigenvalue weighted by Gasteiger charge is 2.79. The van der Waals surface area contributed by atoms with Gasteiger partial charge in [0, 0.05) is 12.5 Å². The maximum Gasteiger partial charge on any atom is 0.177 e. The maximum absolute atomic E-state index is 9.32. The minimum atomic E-state index is -0.153. The van der Waals surface area contributed by atoms with Crippen LogP contribution in [0.3, 0.4) is 0 Å². The summed E-state index contributed by atoms with van der Waals surface area (Å²) in [6.07, 6.45) is 15.5.